The molecule has 1 heterocycles. The van der Waals surface area contributed by atoms with Crippen LogP contribution in [0.1, 0.15) is 10.4 Å². The molecule has 0 amide bonds. The lowest BCUT2D eigenvalue weighted by Crippen LogP contribution is -2.05. The SMILES string of the molecule is N#Cc1cc(N)ccc1NCCc1ccc(Br)s1. The maximum absolute atomic E-state index is 9.01. The van der Waals surface area contributed by atoms with Gasteiger partial charge in [0.25, 0.3) is 0 Å². The summed E-state index contributed by atoms with van der Waals surface area (Å²) in [6.07, 6.45) is 0.936. The van der Waals surface area contributed by atoms with Crippen molar-refractivity contribution < 1.29 is 0 Å². The number of nitrogens with zero attached hydrogens (tertiary/aromatic N) is 1. The Morgan fingerprint density at radius 2 is 2.17 bits per heavy atom. The van der Waals surface area contributed by atoms with E-state index in [4.69, 9.17) is 11.0 Å². The zero-order valence-corrected chi connectivity index (χ0v) is 12.0. The zero-order valence-electron chi connectivity index (χ0n) is 9.61. The fraction of sp³-hybridized carbons (Fsp3) is 0.154. The van der Waals surface area contributed by atoms with Crippen LogP contribution in [0, 0.1) is 11.3 Å². The van der Waals surface area contributed by atoms with E-state index < -0.39 is 0 Å². The summed E-state index contributed by atoms with van der Waals surface area (Å²) >= 11 is 5.17. The molecule has 1 aromatic carbocycles. The van der Waals surface area contributed by atoms with E-state index in [0.717, 1.165) is 22.4 Å². The molecule has 0 aliphatic rings. The number of anilines is 2. The molecule has 92 valence electrons. The molecule has 0 radical (unpaired) electrons. The first-order valence-electron chi connectivity index (χ1n) is 5.47. The molecule has 18 heavy (non-hydrogen) atoms. The number of nitriles is 1. The average Bonchev–Trinajstić information content (AvgIpc) is 2.77. The Morgan fingerprint density at radius 1 is 1.33 bits per heavy atom. The van der Waals surface area contributed by atoms with Gasteiger partial charge in [0.15, 0.2) is 0 Å². The molecule has 0 unspecified atom stereocenters. The van der Waals surface area contributed by atoms with E-state index in [9.17, 15) is 0 Å². The Labute approximate surface area is 118 Å². The second kappa shape index (κ2) is 5.89. The second-order valence-corrected chi connectivity index (χ2v) is 6.35. The van der Waals surface area contributed by atoms with Gasteiger partial charge in [-0.15, -0.1) is 11.3 Å². The number of nitrogen functional groups attached to an aromatic ring is 1. The van der Waals surface area contributed by atoms with Crippen molar-refractivity contribution in [1.82, 2.24) is 0 Å². The van der Waals surface area contributed by atoms with E-state index in [1.165, 1.54) is 4.88 Å². The van der Waals surface area contributed by atoms with Gasteiger partial charge in [0, 0.05) is 17.1 Å². The van der Waals surface area contributed by atoms with Crippen LogP contribution in [0.3, 0.4) is 0 Å². The first kappa shape index (κ1) is 12.9. The minimum atomic E-state index is 0.586. The fourth-order valence-electron chi connectivity index (χ4n) is 1.61. The van der Waals surface area contributed by atoms with Gasteiger partial charge in [0.05, 0.1) is 15.0 Å². The smallest absolute Gasteiger partial charge is 0.101 e. The van der Waals surface area contributed by atoms with Crippen LogP contribution in [0.2, 0.25) is 0 Å². The molecule has 0 bridgehead atoms. The van der Waals surface area contributed by atoms with Crippen LogP contribution in [0.15, 0.2) is 34.1 Å². The number of thiophene rings is 1. The minimum absolute atomic E-state index is 0.586. The number of nitrogens with one attached hydrogen (secondary N) is 1. The summed E-state index contributed by atoms with van der Waals surface area (Å²) in [5, 5.41) is 12.3. The summed E-state index contributed by atoms with van der Waals surface area (Å²) in [5.41, 5.74) is 7.67. The Morgan fingerprint density at radius 3 is 2.83 bits per heavy atom. The maximum atomic E-state index is 9.01. The molecular weight excluding hydrogens is 310 g/mol. The van der Waals surface area contributed by atoms with Gasteiger partial charge >= 0.3 is 0 Å². The highest BCUT2D eigenvalue weighted by Gasteiger charge is 2.02. The van der Waals surface area contributed by atoms with Crippen LogP contribution in [0.4, 0.5) is 11.4 Å². The largest absolute Gasteiger partial charge is 0.399 e. The van der Waals surface area contributed by atoms with E-state index in [2.05, 4.69) is 33.4 Å². The molecule has 0 saturated carbocycles. The predicted octanol–water partition coefficient (Wildman–Crippen LogP) is 3.62. The van der Waals surface area contributed by atoms with Gasteiger partial charge in [-0.2, -0.15) is 5.26 Å². The molecule has 0 saturated heterocycles. The summed E-state index contributed by atoms with van der Waals surface area (Å²) in [4.78, 5) is 1.31. The third kappa shape index (κ3) is 3.25. The van der Waals surface area contributed by atoms with E-state index >= 15 is 0 Å². The summed E-state index contributed by atoms with van der Waals surface area (Å²) in [6, 6.07) is 11.6. The van der Waals surface area contributed by atoms with E-state index in [-0.39, 0.29) is 0 Å². The van der Waals surface area contributed by atoms with Crippen LogP contribution >= 0.6 is 27.3 Å². The van der Waals surface area contributed by atoms with Crippen LogP contribution in [-0.2, 0) is 6.42 Å². The molecular formula is C13H12BrN3S. The Bertz CT molecular complexity index is 586. The topological polar surface area (TPSA) is 61.8 Å². The van der Waals surface area contributed by atoms with Gasteiger partial charge in [-0.25, -0.2) is 0 Å². The highest BCUT2D eigenvalue weighted by Crippen LogP contribution is 2.23. The fourth-order valence-corrected chi connectivity index (χ4v) is 3.10. The van der Waals surface area contributed by atoms with Crippen molar-refractivity contribution in [3.8, 4) is 6.07 Å². The summed E-state index contributed by atoms with van der Waals surface area (Å²) in [5.74, 6) is 0. The predicted molar refractivity (Wildman–Crippen MR) is 79.8 cm³/mol. The lowest BCUT2D eigenvalue weighted by atomic mass is 10.1. The summed E-state index contributed by atoms with van der Waals surface area (Å²) in [6.45, 7) is 0.797. The Hall–Kier alpha value is -1.51. The third-order valence-corrected chi connectivity index (χ3v) is 4.16. The molecule has 2 aromatic rings. The van der Waals surface area contributed by atoms with Crippen molar-refractivity contribution in [2.45, 2.75) is 6.42 Å². The molecule has 0 aliphatic carbocycles. The monoisotopic (exact) mass is 321 g/mol. The molecule has 3 N–H and O–H groups in total. The van der Waals surface area contributed by atoms with Crippen LogP contribution in [0.5, 0.6) is 0 Å². The number of hydrogen-bond donors (Lipinski definition) is 2. The summed E-state index contributed by atoms with van der Waals surface area (Å²) in [7, 11) is 0. The van der Waals surface area contributed by atoms with Gasteiger partial charge in [0.1, 0.15) is 6.07 Å². The summed E-state index contributed by atoms with van der Waals surface area (Å²) < 4.78 is 1.14. The van der Waals surface area contributed by atoms with Crippen LogP contribution < -0.4 is 11.1 Å². The molecule has 3 nitrogen and oxygen atoms in total. The standard InChI is InChI=1S/C13H12BrN3S/c14-13-4-2-11(18-13)5-6-17-12-3-1-10(16)7-9(12)8-15/h1-4,7,17H,5-6,16H2. The lowest BCUT2D eigenvalue weighted by Gasteiger charge is -2.07. The van der Waals surface area contributed by atoms with Crippen molar-refractivity contribution in [1.29, 1.82) is 5.26 Å². The number of halogens is 1. The van der Waals surface area contributed by atoms with Gasteiger partial charge in [-0.3, -0.25) is 0 Å². The molecule has 0 aliphatic heterocycles. The molecule has 0 spiro atoms. The van der Waals surface area contributed by atoms with Gasteiger partial charge < -0.3 is 11.1 Å². The van der Waals surface area contributed by atoms with Crippen molar-refractivity contribution >= 4 is 38.6 Å². The van der Waals surface area contributed by atoms with Crippen molar-refractivity contribution in [3.05, 3.63) is 44.6 Å². The van der Waals surface area contributed by atoms with E-state index in [0.29, 0.717) is 11.3 Å². The quantitative estimate of drug-likeness (QED) is 0.845. The normalized spacial score (nSPS) is 10.0. The lowest BCUT2D eigenvalue weighted by molar-refractivity contribution is 1.04. The molecule has 0 atom stereocenters. The van der Waals surface area contributed by atoms with Crippen molar-refractivity contribution in [3.63, 3.8) is 0 Å². The van der Waals surface area contributed by atoms with Crippen LogP contribution in [0.25, 0.3) is 0 Å². The highest BCUT2D eigenvalue weighted by atomic mass is 79.9. The van der Waals surface area contributed by atoms with Crippen LogP contribution in [-0.4, -0.2) is 6.54 Å². The maximum Gasteiger partial charge on any atom is 0.101 e. The van der Waals surface area contributed by atoms with Crippen molar-refractivity contribution in [2.75, 3.05) is 17.6 Å². The average molecular weight is 322 g/mol. The molecule has 1 aromatic heterocycles. The van der Waals surface area contributed by atoms with E-state index in [1.807, 2.05) is 12.1 Å². The third-order valence-electron chi connectivity index (χ3n) is 2.48. The number of benzene rings is 1. The van der Waals surface area contributed by atoms with E-state index in [1.54, 1.807) is 23.5 Å². The number of nitrogens with two attached hydrogens (primary N) is 1. The first-order valence-corrected chi connectivity index (χ1v) is 7.07. The number of hydrogen-bond acceptors (Lipinski definition) is 4. The molecule has 2 rings (SSSR count). The highest BCUT2D eigenvalue weighted by molar-refractivity contribution is 9.11. The Balaban J connectivity index is 1.96. The molecule has 5 heteroatoms. The van der Waals surface area contributed by atoms with Gasteiger partial charge in [0.2, 0.25) is 0 Å². The van der Waals surface area contributed by atoms with Crippen molar-refractivity contribution in [2.24, 2.45) is 0 Å². The second-order valence-electron chi connectivity index (χ2n) is 3.80. The van der Waals surface area contributed by atoms with Gasteiger partial charge in [-0.05, 0) is 52.7 Å². The Kier molecular flexibility index (Phi) is 4.24. The minimum Gasteiger partial charge on any atom is -0.399 e. The first-order chi connectivity index (χ1) is 8.69. The molecule has 0 fully saturated rings. The number of rotatable bonds is 4. The zero-order chi connectivity index (χ0) is 13.0. The van der Waals surface area contributed by atoms with Gasteiger partial charge in [-0.1, -0.05) is 0 Å².